The Morgan fingerprint density at radius 2 is 2.23 bits per heavy atom. The number of carbonyl (C=O) groups excluding carboxylic acids is 1. The van der Waals surface area contributed by atoms with Crippen LogP contribution in [0.3, 0.4) is 0 Å². The van der Waals surface area contributed by atoms with Gasteiger partial charge in [0.05, 0.1) is 11.6 Å². The highest BCUT2D eigenvalue weighted by Crippen LogP contribution is 2.23. The molecule has 2 heteroatoms. The lowest BCUT2D eigenvalue weighted by Gasteiger charge is -2.15. The van der Waals surface area contributed by atoms with Gasteiger partial charge in [0.15, 0.2) is 0 Å². The van der Waals surface area contributed by atoms with Crippen molar-refractivity contribution in [3.63, 3.8) is 0 Å². The van der Waals surface area contributed by atoms with E-state index in [1.807, 2.05) is 24.3 Å². The lowest BCUT2D eigenvalue weighted by atomic mass is 9.90. The van der Waals surface area contributed by atoms with Crippen LogP contribution in [0.1, 0.15) is 24.5 Å². The summed E-state index contributed by atoms with van der Waals surface area (Å²) in [5.41, 5.74) is 0.900. The van der Waals surface area contributed by atoms with Crippen molar-refractivity contribution in [2.45, 2.75) is 18.8 Å². The second-order valence-electron chi connectivity index (χ2n) is 3.18. The smallest absolute Gasteiger partial charge is 0.145 e. The van der Waals surface area contributed by atoms with E-state index in [4.69, 9.17) is 0 Å². The number of ketones is 1. The number of pyridine rings is 1. The van der Waals surface area contributed by atoms with Crippen molar-refractivity contribution >= 4 is 5.78 Å². The van der Waals surface area contributed by atoms with E-state index in [1.165, 1.54) is 0 Å². The summed E-state index contributed by atoms with van der Waals surface area (Å²) < 4.78 is 0. The molecule has 0 aliphatic heterocycles. The zero-order valence-electron chi connectivity index (χ0n) is 7.31. The SMILES string of the molecule is O=C1CC=CCC1c1ccccn1. The largest absolute Gasteiger partial charge is 0.299 e. The maximum Gasteiger partial charge on any atom is 0.145 e. The fourth-order valence-electron chi connectivity index (χ4n) is 1.57. The van der Waals surface area contributed by atoms with Gasteiger partial charge in [-0.15, -0.1) is 0 Å². The Balaban J connectivity index is 2.26. The molecule has 13 heavy (non-hydrogen) atoms. The molecule has 1 aromatic rings. The van der Waals surface area contributed by atoms with E-state index in [9.17, 15) is 4.79 Å². The molecule has 1 unspecified atom stereocenters. The van der Waals surface area contributed by atoms with E-state index in [1.54, 1.807) is 6.20 Å². The second kappa shape index (κ2) is 3.52. The van der Waals surface area contributed by atoms with Crippen LogP contribution in [0.2, 0.25) is 0 Å². The van der Waals surface area contributed by atoms with Crippen molar-refractivity contribution in [2.75, 3.05) is 0 Å². The molecule has 2 nitrogen and oxygen atoms in total. The minimum absolute atomic E-state index is 0.00815. The summed E-state index contributed by atoms with van der Waals surface area (Å²) in [6.45, 7) is 0. The number of nitrogens with zero attached hydrogens (tertiary/aromatic N) is 1. The molecule has 1 aliphatic rings. The van der Waals surface area contributed by atoms with Crippen LogP contribution in [-0.2, 0) is 4.79 Å². The van der Waals surface area contributed by atoms with E-state index in [0.29, 0.717) is 6.42 Å². The normalized spacial score (nSPS) is 21.8. The molecule has 0 saturated carbocycles. The molecule has 0 amide bonds. The maximum atomic E-state index is 11.5. The Kier molecular flexibility index (Phi) is 2.21. The van der Waals surface area contributed by atoms with Gasteiger partial charge in [-0.3, -0.25) is 9.78 Å². The van der Waals surface area contributed by atoms with Crippen LogP contribution in [0.25, 0.3) is 0 Å². The van der Waals surface area contributed by atoms with Crippen LogP contribution in [0, 0.1) is 0 Å². The molecule has 66 valence electrons. The molecule has 0 spiro atoms. The molecule has 1 aliphatic carbocycles. The molecule has 0 N–H and O–H groups in total. The molecule has 2 rings (SSSR count). The van der Waals surface area contributed by atoms with Gasteiger partial charge in [0.25, 0.3) is 0 Å². The van der Waals surface area contributed by atoms with Gasteiger partial charge in [0.1, 0.15) is 5.78 Å². The highest BCUT2D eigenvalue weighted by atomic mass is 16.1. The summed E-state index contributed by atoms with van der Waals surface area (Å²) in [7, 11) is 0. The number of hydrogen-bond acceptors (Lipinski definition) is 2. The number of hydrogen-bond donors (Lipinski definition) is 0. The molecule has 1 aromatic heterocycles. The summed E-state index contributed by atoms with van der Waals surface area (Å²) in [5.74, 6) is 0.271. The zero-order valence-corrected chi connectivity index (χ0v) is 7.31. The predicted molar refractivity (Wildman–Crippen MR) is 50.4 cm³/mol. The van der Waals surface area contributed by atoms with Gasteiger partial charge >= 0.3 is 0 Å². The Labute approximate surface area is 77.3 Å². The van der Waals surface area contributed by atoms with Crippen molar-refractivity contribution in [1.29, 1.82) is 0 Å². The second-order valence-corrected chi connectivity index (χ2v) is 3.18. The van der Waals surface area contributed by atoms with Gasteiger partial charge in [0.2, 0.25) is 0 Å². The Morgan fingerprint density at radius 3 is 2.92 bits per heavy atom. The van der Waals surface area contributed by atoms with E-state index in [-0.39, 0.29) is 11.7 Å². The van der Waals surface area contributed by atoms with Gasteiger partial charge in [-0.05, 0) is 18.6 Å². The first kappa shape index (κ1) is 8.17. The standard InChI is InChI=1S/C11H11NO/c13-11-7-2-1-5-9(11)10-6-3-4-8-12-10/h1-4,6,8-9H,5,7H2. The maximum absolute atomic E-state index is 11.5. The number of aromatic nitrogens is 1. The fraction of sp³-hybridized carbons (Fsp3) is 0.273. The number of rotatable bonds is 1. The van der Waals surface area contributed by atoms with E-state index < -0.39 is 0 Å². The molecule has 0 aromatic carbocycles. The quantitative estimate of drug-likeness (QED) is 0.608. The first-order valence-corrected chi connectivity index (χ1v) is 4.46. The van der Waals surface area contributed by atoms with Crippen LogP contribution in [-0.4, -0.2) is 10.8 Å². The summed E-state index contributed by atoms with van der Waals surface area (Å²) in [6, 6.07) is 5.71. The summed E-state index contributed by atoms with van der Waals surface area (Å²) in [4.78, 5) is 15.7. The number of allylic oxidation sites excluding steroid dienone is 2. The molecule has 1 atom stereocenters. The van der Waals surface area contributed by atoms with E-state index in [2.05, 4.69) is 11.1 Å². The molecule has 0 bridgehead atoms. The predicted octanol–water partition coefficient (Wildman–Crippen LogP) is 2.08. The summed E-state index contributed by atoms with van der Waals surface area (Å²) in [6.07, 6.45) is 7.08. The van der Waals surface area contributed by atoms with E-state index in [0.717, 1.165) is 12.1 Å². The molecule has 0 saturated heterocycles. The molecular formula is C11H11NO. The van der Waals surface area contributed by atoms with E-state index >= 15 is 0 Å². The minimum atomic E-state index is -0.00815. The third-order valence-electron chi connectivity index (χ3n) is 2.29. The first-order valence-electron chi connectivity index (χ1n) is 4.46. The topological polar surface area (TPSA) is 30.0 Å². The molecular weight excluding hydrogens is 162 g/mol. The third-order valence-corrected chi connectivity index (χ3v) is 2.29. The molecule has 1 heterocycles. The van der Waals surface area contributed by atoms with Crippen LogP contribution < -0.4 is 0 Å². The summed E-state index contributed by atoms with van der Waals surface area (Å²) in [5, 5.41) is 0. The Bertz CT molecular complexity index is 329. The average Bonchev–Trinajstić information content (AvgIpc) is 2.20. The lowest BCUT2D eigenvalue weighted by molar-refractivity contribution is -0.120. The van der Waals surface area contributed by atoms with Gasteiger partial charge in [-0.1, -0.05) is 18.2 Å². The van der Waals surface area contributed by atoms with Crippen molar-refractivity contribution in [2.24, 2.45) is 0 Å². The van der Waals surface area contributed by atoms with Crippen LogP contribution in [0.5, 0.6) is 0 Å². The van der Waals surface area contributed by atoms with Crippen molar-refractivity contribution in [1.82, 2.24) is 4.98 Å². The monoisotopic (exact) mass is 173 g/mol. The Morgan fingerprint density at radius 1 is 1.31 bits per heavy atom. The highest BCUT2D eigenvalue weighted by Gasteiger charge is 2.21. The third kappa shape index (κ3) is 1.66. The number of Topliss-reactive ketones (excluding diaryl/α,β-unsaturated/α-hetero) is 1. The summed E-state index contributed by atoms with van der Waals surface area (Å²) >= 11 is 0. The Hall–Kier alpha value is -1.44. The van der Waals surface area contributed by atoms with Gasteiger partial charge in [0, 0.05) is 12.6 Å². The lowest BCUT2D eigenvalue weighted by Crippen LogP contribution is -2.14. The minimum Gasteiger partial charge on any atom is -0.299 e. The van der Waals surface area contributed by atoms with Crippen LogP contribution >= 0.6 is 0 Å². The molecule has 0 radical (unpaired) electrons. The van der Waals surface area contributed by atoms with Crippen molar-refractivity contribution in [3.05, 3.63) is 42.2 Å². The van der Waals surface area contributed by atoms with Gasteiger partial charge in [-0.25, -0.2) is 0 Å². The van der Waals surface area contributed by atoms with Gasteiger partial charge < -0.3 is 0 Å². The van der Waals surface area contributed by atoms with Crippen molar-refractivity contribution < 1.29 is 4.79 Å². The van der Waals surface area contributed by atoms with Crippen LogP contribution in [0.4, 0.5) is 0 Å². The average molecular weight is 173 g/mol. The van der Waals surface area contributed by atoms with Crippen molar-refractivity contribution in [3.8, 4) is 0 Å². The number of carbonyl (C=O) groups is 1. The fourth-order valence-corrected chi connectivity index (χ4v) is 1.57. The zero-order chi connectivity index (χ0) is 9.10. The first-order chi connectivity index (χ1) is 6.38. The van der Waals surface area contributed by atoms with Gasteiger partial charge in [-0.2, -0.15) is 0 Å². The van der Waals surface area contributed by atoms with Crippen LogP contribution in [0.15, 0.2) is 36.5 Å². The molecule has 0 fully saturated rings. The highest BCUT2D eigenvalue weighted by molar-refractivity contribution is 5.87.